The lowest BCUT2D eigenvalue weighted by atomic mass is 10.0. The van der Waals surface area contributed by atoms with Gasteiger partial charge in [-0.25, -0.2) is 4.98 Å². The monoisotopic (exact) mass is 501 g/mol. The second-order valence-corrected chi connectivity index (χ2v) is 7.80. The molecule has 28 heavy (non-hydrogen) atoms. The number of carbonyl (C=O) groups excluding carboxylic acids is 2. The Morgan fingerprint density at radius 3 is 2.71 bits per heavy atom. The van der Waals surface area contributed by atoms with E-state index in [1.807, 2.05) is 6.92 Å². The minimum atomic E-state index is -3.30. The number of amides is 2. The summed E-state index contributed by atoms with van der Waals surface area (Å²) in [6.45, 7) is 5.21. The fourth-order valence-electron chi connectivity index (χ4n) is 3.19. The topological polar surface area (TPSA) is 71.5 Å². The molecule has 0 fully saturated rings. The maximum Gasteiger partial charge on any atom is 0.451 e. The number of hydrogen-bond donors (Lipinski definition) is 1. The summed E-state index contributed by atoms with van der Waals surface area (Å²) in [6, 6.07) is 6.19. The van der Waals surface area contributed by atoms with E-state index >= 15 is 0 Å². The number of benzene rings is 1. The molecule has 1 aliphatic rings. The lowest BCUT2D eigenvalue weighted by Crippen LogP contribution is -2.27. The van der Waals surface area contributed by atoms with Crippen LogP contribution in [0.5, 0.6) is 5.75 Å². The van der Waals surface area contributed by atoms with Gasteiger partial charge in [0, 0.05) is 24.2 Å². The maximum atomic E-state index is 13.1. The average Bonchev–Trinajstić information content (AvgIpc) is 2.93. The van der Waals surface area contributed by atoms with Gasteiger partial charge in [0.2, 0.25) is 5.91 Å². The Morgan fingerprint density at radius 2 is 2.11 bits per heavy atom. The highest BCUT2D eigenvalue weighted by Crippen LogP contribution is 2.36. The molecule has 0 saturated heterocycles. The summed E-state index contributed by atoms with van der Waals surface area (Å²) < 4.78 is 27.5. The predicted molar refractivity (Wildman–Crippen MR) is 108 cm³/mol. The lowest BCUT2D eigenvalue weighted by molar-refractivity contribution is -0.114. The van der Waals surface area contributed by atoms with Gasteiger partial charge in [-0.2, -0.15) is 8.78 Å². The third kappa shape index (κ3) is 4.23. The fourth-order valence-corrected chi connectivity index (χ4v) is 3.43. The summed E-state index contributed by atoms with van der Waals surface area (Å²) in [5.74, 6) is 0.0205. The van der Waals surface area contributed by atoms with Gasteiger partial charge >= 0.3 is 4.12 Å². The van der Waals surface area contributed by atoms with E-state index in [0.717, 1.165) is 28.2 Å². The number of anilines is 1. The SMILES string of the molecule is CC(=O)Nc1nccc2c1CN(C(C)c1ccc(OC(F)(F)I)c(C)c1)C2=O. The number of hydrogen-bond acceptors (Lipinski definition) is 4. The third-order valence-corrected chi connectivity index (χ3v) is 4.76. The molecule has 1 atom stereocenters. The molecule has 3 rings (SSSR count). The van der Waals surface area contributed by atoms with Gasteiger partial charge in [0.25, 0.3) is 5.91 Å². The number of aromatic nitrogens is 1. The van der Waals surface area contributed by atoms with E-state index in [-0.39, 0.29) is 23.6 Å². The van der Waals surface area contributed by atoms with Crippen molar-refractivity contribution in [1.82, 2.24) is 9.88 Å². The van der Waals surface area contributed by atoms with Crippen molar-refractivity contribution in [3.05, 3.63) is 52.7 Å². The fraction of sp³-hybridized carbons (Fsp3) is 0.316. The summed E-state index contributed by atoms with van der Waals surface area (Å²) in [5.41, 5.74) is 2.49. The number of rotatable bonds is 5. The number of fused-ring (bicyclic) bond motifs is 1. The molecule has 0 bridgehead atoms. The summed E-state index contributed by atoms with van der Waals surface area (Å²) in [4.78, 5) is 30.0. The number of carbonyl (C=O) groups is 2. The van der Waals surface area contributed by atoms with Crippen LogP contribution in [-0.2, 0) is 11.3 Å². The van der Waals surface area contributed by atoms with Gasteiger partial charge < -0.3 is 15.0 Å². The molecule has 0 spiro atoms. The minimum Gasteiger partial charge on any atom is -0.425 e. The number of nitrogens with zero attached hydrogens (tertiary/aromatic N) is 2. The van der Waals surface area contributed by atoms with Crippen LogP contribution in [0.2, 0.25) is 0 Å². The van der Waals surface area contributed by atoms with Crippen LogP contribution in [0.4, 0.5) is 14.6 Å². The Balaban J connectivity index is 1.85. The van der Waals surface area contributed by atoms with Crippen molar-refractivity contribution in [1.29, 1.82) is 0 Å². The van der Waals surface area contributed by atoms with Crippen LogP contribution >= 0.6 is 22.6 Å². The van der Waals surface area contributed by atoms with Crippen LogP contribution in [0, 0.1) is 6.92 Å². The van der Waals surface area contributed by atoms with Gasteiger partial charge in [-0.1, -0.05) is 12.1 Å². The van der Waals surface area contributed by atoms with Crippen molar-refractivity contribution in [2.24, 2.45) is 0 Å². The predicted octanol–water partition coefficient (Wildman–Crippen LogP) is 4.43. The maximum absolute atomic E-state index is 13.1. The molecule has 2 aromatic rings. The molecule has 1 aliphatic heterocycles. The zero-order chi connectivity index (χ0) is 20.6. The molecule has 148 valence electrons. The van der Waals surface area contributed by atoms with Crippen molar-refractivity contribution < 1.29 is 23.1 Å². The van der Waals surface area contributed by atoms with Crippen molar-refractivity contribution in [3.63, 3.8) is 0 Å². The molecule has 9 heteroatoms. The lowest BCUT2D eigenvalue weighted by Gasteiger charge is -2.25. The Bertz CT molecular complexity index is 947. The van der Waals surface area contributed by atoms with Gasteiger partial charge in [-0.05, 0) is 37.1 Å². The van der Waals surface area contributed by atoms with Gasteiger partial charge in [-0.15, -0.1) is 0 Å². The first-order valence-corrected chi connectivity index (χ1v) is 9.57. The number of halogens is 3. The van der Waals surface area contributed by atoms with Crippen LogP contribution < -0.4 is 10.1 Å². The Hall–Kier alpha value is -2.30. The van der Waals surface area contributed by atoms with Crippen molar-refractivity contribution in [2.75, 3.05) is 5.32 Å². The van der Waals surface area contributed by atoms with Crippen molar-refractivity contribution in [3.8, 4) is 5.75 Å². The van der Waals surface area contributed by atoms with Crippen molar-refractivity contribution in [2.45, 2.75) is 37.5 Å². The Kier molecular flexibility index (Phi) is 5.55. The average molecular weight is 501 g/mol. The number of pyridine rings is 1. The summed E-state index contributed by atoms with van der Waals surface area (Å²) in [7, 11) is 0. The number of nitrogens with one attached hydrogen (secondary N) is 1. The largest absolute Gasteiger partial charge is 0.451 e. The quantitative estimate of drug-likeness (QED) is 0.487. The van der Waals surface area contributed by atoms with Crippen LogP contribution in [0.25, 0.3) is 0 Å². The summed E-state index contributed by atoms with van der Waals surface area (Å²) in [6.07, 6.45) is 1.48. The molecular formula is C19H18F2IN3O3. The third-order valence-electron chi connectivity index (χ3n) is 4.54. The highest BCUT2D eigenvalue weighted by atomic mass is 127. The standard InChI is InChI=1S/C19H18F2IN3O3/c1-10-8-13(4-5-16(10)28-19(20,21)22)11(2)25-9-15-14(18(25)27)6-7-23-17(15)24-12(3)26/h4-8,11H,9H2,1-3H3,(H,23,24,26). The molecule has 0 aliphatic carbocycles. The highest BCUT2D eigenvalue weighted by Gasteiger charge is 2.34. The van der Waals surface area contributed by atoms with Crippen LogP contribution in [0.1, 0.15) is 46.9 Å². The second kappa shape index (κ2) is 7.61. The van der Waals surface area contributed by atoms with Gasteiger partial charge in [0.15, 0.2) is 0 Å². The minimum absolute atomic E-state index is 0.0866. The van der Waals surface area contributed by atoms with Crippen LogP contribution in [0.3, 0.4) is 0 Å². The van der Waals surface area contributed by atoms with E-state index in [1.54, 1.807) is 30.0 Å². The highest BCUT2D eigenvalue weighted by molar-refractivity contribution is 14.1. The molecule has 1 aromatic carbocycles. The van der Waals surface area contributed by atoms with E-state index in [2.05, 4.69) is 15.0 Å². The number of aryl methyl sites for hydroxylation is 1. The molecule has 0 saturated carbocycles. The zero-order valence-corrected chi connectivity index (χ0v) is 17.6. The van der Waals surface area contributed by atoms with E-state index < -0.39 is 4.12 Å². The van der Waals surface area contributed by atoms with Crippen LogP contribution in [0.15, 0.2) is 30.5 Å². The first kappa shape index (κ1) is 20.4. The Labute approximate surface area is 174 Å². The van der Waals surface area contributed by atoms with E-state index in [4.69, 9.17) is 0 Å². The molecule has 1 aromatic heterocycles. The molecule has 6 nitrogen and oxygen atoms in total. The van der Waals surface area contributed by atoms with Crippen molar-refractivity contribution >= 4 is 40.2 Å². The normalized spacial score (nSPS) is 14.6. The molecule has 1 unspecified atom stereocenters. The van der Waals surface area contributed by atoms with E-state index in [0.29, 0.717) is 29.1 Å². The zero-order valence-electron chi connectivity index (χ0n) is 15.4. The van der Waals surface area contributed by atoms with Gasteiger partial charge in [-0.3, -0.25) is 9.59 Å². The first-order valence-electron chi connectivity index (χ1n) is 8.49. The Morgan fingerprint density at radius 1 is 1.39 bits per heavy atom. The van der Waals surface area contributed by atoms with Gasteiger partial charge in [0.1, 0.15) is 11.6 Å². The second-order valence-electron chi connectivity index (χ2n) is 6.55. The van der Waals surface area contributed by atoms with E-state index in [9.17, 15) is 18.4 Å². The molecular weight excluding hydrogens is 483 g/mol. The van der Waals surface area contributed by atoms with E-state index in [1.165, 1.54) is 19.2 Å². The van der Waals surface area contributed by atoms with Gasteiger partial charge in [0.05, 0.1) is 35.2 Å². The first-order chi connectivity index (χ1) is 13.1. The molecule has 2 heterocycles. The molecule has 2 amide bonds. The number of alkyl halides is 3. The molecule has 0 radical (unpaired) electrons. The summed E-state index contributed by atoms with van der Waals surface area (Å²) >= 11 is 0.920. The number of ether oxygens (including phenoxy) is 1. The molecule has 1 N–H and O–H groups in total. The smallest absolute Gasteiger partial charge is 0.425 e. The summed E-state index contributed by atoms with van der Waals surface area (Å²) in [5, 5.41) is 2.65. The van der Waals surface area contributed by atoms with Crippen LogP contribution in [-0.4, -0.2) is 25.8 Å².